The van der Waals surface area contributed by atoms with Crippen LogP contribution in [0.4, 0.5) is 0 Å². The number of ether oxygens (including phenoxy) is 15. The Hall–Kier alpha value is -1.71. The zero-order valence-electron chi connectivity index (χ0n) is 31.7. The van der Waals surface area contributed by atoms with E-state index in [0.717, 1.165) is 0 Å². The quantitative estimate of drug-likeness (QED) is 0.0716. The van der Waals surface area contributed by atoms with Crippen molar-refractivity contribution in [3.63, 3.8) is 0 Å². The van der Waals surface area contributed by atoms with Crippen LogP contribution in [0.25, 0.3) is 0 Å². The Labute approximate surface area is 313 Å². The van der Waals surface area contributed by atoms with Crippen molar-refractivity contribution in [2.24, 2.45) is 0 Å². The summed E-state index contributed by atoms with van der Waals surface area (Å²) >= 11 is 0. The number of hydrogen-bond acceptors (Lipinski definition) is 16. The van der Waals surface area contributed by atoms with Crippen LogP contribution in [0.1, 0.15) is 5.56 Å². The Kier molecular flexibility index (Phi) is 33.5. The van der Waals surface area contributed by atoms with Gasteiger partial charge in [-0.1, -0.05) is 0 Å². The average molecular weight is 791 g/mol. The summed E-state index contributed by atoms with van der Waals surface area (Å²) < 4.78 is 94.1. The highest BCUT2D eigenvalue weighted by Crippen LogP contribution is 2.45. The minimum absolute atomic E-state index is 0.124. The number of hydrogen-bond donors (Lipinski definition) is 2. The highest BCUT2D eigenvalue weighted by Gasteiger charge is 2.21. The van der Waals surface area contributed by atoms with E-state index in [9.17, 15) is 14.4 Å². The van der Waals surface area contributed by atoms with Crippen LogP contribution in [0, 0.1) is 0 Å². The van der Waals surface area contributed by atoms with Gasteiger partial charge in [-0.15, -0.1) is 0 Å². The first-order valence-corrected chi connectivity index (χ1v) is 19.5. The van der Waals surface area contributed by atoms with Crippen molar-refractivity contribution < 1.29 is 85.4 Å². The van der Waals surface area contributed by atoms with E-state index < -0.39 is 13.8 Å². The molecule has 2 N–H and O–H groups in total. The largest absolute Gasteiger partial charge is 0.487 e. The molecule has 53 heavy (non-hydrogen) atoms. The fourth-order valence-electron chi connectivity index (χ4n) is 3.99. The zero-order chi connectivity index (χ0) is 38.5. The lowest BCUT2D eigenvalue weighted by Gasteiger charge is -2.19. The second kappa shape index (κ2) is 36.0. The van der Waals surface area contributed by atoms with E-state index in [0.29, 0.717) is 124 Å². The van der Waals surface area contributed by atoms with Crippen molar-refractivity contribution >= 4 is 7.60 Å². The SMILES string of the molecule is COCCOCCOCCOCCOc1cc(CP(=O)(O)O)cc(OCCOCCOCCOCCOC)c1OCCOCCOCCOCCOC. The first-order chi connectivity index (χ1) is 25.9. The molecule has 0 saturated carbocycles. The molecule has 0 radical (unpaired) electrons. The molecule has 0 saturated heterocycles. The van der Waals surface area contributed by atoms with Crippen molar-refractivity contribution in [2.75, 3.05) is 180 Å². The smallest absolute Gasteiger partial charge is 0.329 e. The lowest BCUT2D eigenvalue weighted by Crippen LogP contribution is -2.16. The molecule has 18 nitrogen and oxygen atoms in total. The monoisotopic (exact) mass is 790 g/mol. The second-order valence-corrected chi connectivity index (χ2v) is 12.4. The molecular formula is C34H63O18P. The molecule has 0 amide bonds. The fourth-order valence-corrected chi connectivity index (χ4v) is 4.65. The normalized spacial score (nSPS) is 11.7. The van der Waals surface area contributed by atoms with Gasteiger partial charge >= 0.3 is 7.60 Å². The molecule has 1 aromatic carbocycles. The molecule has 0 unspecified atom stereocenters. The molecular weight excluding hydrogens is 727 g/mol. The van der Waals surface area contributed by atoms with Gasteiger partial charge in [0.25, 0.3) is 0 Å². The van der Waals surface area contributed by atoms with Crippen LogP contribution < -0.4 is 14.2 Å². The summed E-state index contributed by atoms with van der Waals surface area (Å²) in [7, 11) is 0.427. The summed E-state index contributed by atoms with van der Waals surface area (Å²) in [5.74, 6) is 0.719. The van der Waals surface area contributed by atoms with Crippen molar-refractivity contribution in [3.8, 4) is 17.2 Å². The van der Waals surface area contributed by atoms with Gasteiger partial charge in [0, 0.05) is 21.3 Å². The van der Waals surface area contributed by atoms with Crippen LogP contribution >= 0.6 is 7.60 Å². The molecule has 0 bridgehead atoms. The minimum atomic E-state index is -4.41. The van der Waals surface area contributed by atoms with Crippen LogP contribution in [0.3, 0.4) is 0 Å². The standard InChI is InChI=1S/C34H63O18P/c1-38-4-7-41-10-13-44-16-19-47-22-25-50-32-28-31(30-53(35,36)37)29-33(51-26-23-48-20-17-45-14-11-42-8-5-39-2)34(32)52-27-24-49-21-18-46-15-12-43-9-6-40-3/h28-29H,4-27,30H2,1-3H3,(H2,35,36,37). The van der Waals surface area contributed by atoms with Crippen LogP contribution in [0.15, 0.2) is 12.1 Å². The van der Waals surface area contributed by atoms with E-state index in [-0.39, 0.29) is 56.9 Å². The molecule has 0 aliphatic heterocycles. The van der Waals surface area contributed by atoms with E-state index in [4.69, 9.17) is 71.1 Å². The maximum Gasteiger partial charge on any atom is 0.329 e. The summed E-state index contributed by atoms with van der Waals surface area (Å²) in [6, 6.07) is 3.04. The van der Waals surface area contributed by atoms with Gasteiger partial charge in [-0.2, -0.15) is 0 Å². The lowest BCUT2D eigenvalue weighted by atomic mass is 10.2. The molecule has 1 rings (SSSR count). The minimum Gasteiger partial charge on any atom is -0.487 e. The van der Waals surface area contributed by atoms with Crippen LogP contribution in [-0.4, -0.2) is 190 Å². The van der Waals surface area contributed by atoms with Crippen LogP contribution in [0.5, 0.6) is 17.2 Å². The Bertz CT molecular complexity index is 951. The molecule has 0 aliphatic rings. The van der Waals surface area contributed by atoms with Crippen LogP contribution in [0.2, 0.25) is 0 Å². The molecule has 312 valence electrons. The van der Waals surface area contributed by atoms with Gasteiger partial charge in [0.05, 0.1) is 145 Å². The molecule has 1 aromatic rings. The molecule has 0 aliphatic carbocycles. The van der Waals surface area contributed by atoms with Crippen molar-refractivity contribution in [1.82, 2.24) is 0 Å². The van der Waals surface area contributed by atoms with Crippen molar-refractivity contribution in [1.29, 1.82) is 0 Å². The number of rotatable bonds is 41. The summed E-state index contributed by atoms with van der Waals surface area (Å²) in [5.41, 5.74) is 0.305. The highest BCUT2D eigenvalue weighted by atomic mass is 31.2. The summed E-state index contributed by atoms with van der Waals surface area (Å²) in [6.07, 6.45) is -0.521. The highest BCUT2D eigenvalue weighted by molar-refractivity contribution is 7.50. The Balaban J connectivity index is 2.69. The van der Waals surface area contributed by atoms with Gasteiger partial charge in [-0.3, -0.25) is 4.57 Å². The summed E-state index contributed by atoms with van der Waals surface area (Å²) in [6.45, 7) is 9.02. The number of methoxy groups -OCH3 is 3. The first-order valence-electron chi connectivity index (χ1n) is 17.7. The van der Waals surface area contributed by atoms with Gasteiger partial charge in [-0.25, -0.2) is 0 Å². The van der Waals surface area contributed by atoms with E-state index >= 15 is 0 Å². The maximum atomic E-state index is 11.9. The third-order valence-corrected chi connectivity index (χ3v) is 7.22. The molecule has 0 heterocycles. The Morgan fingerprint density at radius 1 is 0.396 bits per heavy atom. The van der Waals surface area contributed by atoms with E-state index in [1.807, 2.05) is 0 Å². The van der Waals surface area contributed by atoms with Gasteiger partial charge in [0.1, 0.15) is 19.8 Å². The average Bonchev–Trinajstić information content (AvgIpc) is 3.13. The maximum absolute atomic E-state index is 11.9. The van der Waals surface area contributed by atoms with Gasteiger partial charge in [0.2, 0.25) is 5.75 Å². The topological polar surface area (TPSA) is 196 Å². The lowest BCUT2D eigenvalue weighted by molar-refractivity contribution is -0.00160. The Morgan fingerprint density at radius 2 is 0.642 bits per heavy atom. The fraction of sp³-hybridized carbons (Fsp3) is 0.824. The molecule has 0 aromatic heterocycles. The molecule has 0 fully saturated rings. The van der Waals surface area contributed by atoms with Gasteiger partial charge in [-0.05, 0) is 17.7 Å². The van der Waals surface area contributed by atoms with Crippen LogP contribution in [-0.2, 0) is 67.6 Å². The first kappa shape index (κ1) is 49.3. The second-order valence-electron chi connectivity index (χ2n) is 10.8. The molecule has 19 heteroatoms. The van der Waals surface area contributed by atoms with E-state index in [1.165, 1.54) is 12.1 Å². The third kappa shape index (κ3) is 31.2. The summed E-state index contributed by atoms with van der Waals surface area (Å²) in [4.78, 5) is 19.4. The molecule has 0 atom stereocenters. The summed E-state index contributed by atoms with van der Waals surface area (Å²) in [5, 5.41) is 0. The van der Waals surface area contributed by atoms with E-state index in [1.54, 1.807) is 21.3 Å². The van der Waals surface area contributed by atoms with Gasteiger partial charge in [0.15, 0.2) is 11.5 Å². The molecule has 0 spiro atoms. The zero-order valence-corrected chi connectivity index (χ0v) is 32.6. The Morgan fingerprint density at radius 3 is 0.906 bits per heavy atom. The van der Waals surface area contributed by atoms with E-state index in [2.05, 4.69) is 0 Å². The van der Waals surface area contributed by atoms with Crippen molar-refractivity contribution in [3.05, 3.63) is 17.7 Å². The van der Waals surface area contributed by atoms with Crippen molar-refractivity contribution in [2.45, 2.75) is 6.16 Å². The predicted molar refractivity (Wildman–Crippen MR) is 192 cm³/mol. The third-order valence-electron chi connectivity index (χ3n) is 6.44. The number of benzene rings is 1. The predicted octanol–water partition coefficient (Wildman–Crippen LogP) is 1.59. The van der Waals surface area contributed by atoms with Gasteiger partial charge < -0.3 is 80.8 Å².